The molecule has 2 fully saturated rings. The second-order valence-corrected chi connectivity index (χ2v) is 15.8. The number of fused-ring (bicyclic) bond motifs is 1. The molecule has 0 aliphatic carbocycles. The number of hydrogen-bond acceptors (Lipinski definition) is 6. The molecule has 2 heterocycles. The molecule has 31 heavy (non-hydrogen) atoms. The molecule has 1 amide bonds. The van der Waals surface area contributed by atoms with Gasteiger partial charge in [-0.15, -0.1) is 0 Å². The molecule has 0 aromatic rings. The molecule has 2 N–H and O–H groups in total. The van der Waals surface area contributed by atoms with E-state index in [-0.39, 0.29) is 24.7 Å². The summed E-state index contributed by atoms with van der Waals surface area (Å²) in [6, 6.07) is -0.969. The van der Waals surface area contributed by atoms with Gasteiger partial charge in [0, 0.05) is 13.1 Å². The number of rotatable bonds is 9. The van der Waals surface area contributed by atoms with Gasteiger partial charge in [-0.1, -0.05) is 41.5 Å². The highest BCUT2D eigenvalue weighted by atomic mass is 28.4. The Balaban J connectivity index is 2.56. The van der Waals surface area contributed by atoms with Crippen LogP contribution in [0.5, 0.6) is 0 Å². The first-order chi connectivity index (χ1) is 14.4. The molecule has 7 nitrogen and oxygen atoms in total. The van der Waals surface area contributed by atoms with Gasteiger partial charge in [0.25, 0.3) is 0 Å². The van der Waals surface area contributed by atoms with E-state index in [2.05, 4.69) is 46.9 Å². The van der Waals surface area contributed by atoms with Crippen molar-refractivity contribution < 1.29 is 23.8 Å². The van der Waals surface area contributed by atoms with Crippen molar-refractivity contribution in [3.8, 4) is 0 Å². The molecule has 0 radical (unpaired) electrons. The molecule has 8 heteroatoms. The van der Waals surface area contributed by atoms with Crippen LogP contribution in [-0.4, -0.2) is 80.1 Å². The number of aliphatic hydroxyl groups is 1. The van der Waals surface area contributed by atoms with Crippen molar-refractivity contribution in [1.29, 1.82) is 0 Å². The third kappa shape index (κ3) is 5.04. The van der Waals surface area contributed by atoms with Crippen LogP contribution in [0.15, 0.2) is 0 Å². The van der Waals surface area contributed by atoms with Crippen molar-refractivity contribution >= 4 is 14.2 Å². The number of likely N-dealkylation sites (N-methyl/N-ethyl adjacent to an activating group) is 1. The fourth-order valence-electron chi connectivity index (χ4n) is 5.87. The maximum atomic E-state index is 13.6. The third-order valence-electron chi connectivity index (χ3n) is 7.19. The van der Waals surface area contributed by atoms with Crippen molar-refractivity contribution in [1.82, 2.24) is 10.2 Å². The standard InChI is InChI=1S/C23H46N2O5Si/c1-11-25(12-2)22(27)18-20(30-31(14(3)4,15(5)6)16(7)8)21-19(17(13-26)24-18)28-23(9,10)29-21/h14-21,24,26H,11-13H2,1-10H3/t17-,18-,19-,20+,21-/m1/s1. The van der Waals surface area contributed by atoms with Crippen molar-refractivity contribution in [2.24, 2.45) is 0 Å². The predicted molar refractivity (Wildman–Crippen MR) is 125 cm³/mol. The molecule has 0 unspecified atom stereocenters. The van der Waals surface area contributed by atoms with Crippen LogP contribution in [0.2, 0.25) is 16.6 Å². The zero-order valence-electron chi connectivity index (χ0n) is 21.3. The highest BCUT2D eigenvalue weighted by Crippen LogP contribution is 2.46. The first-order valence-corrected chi connectivity index (χ1v) is 14.2. The van der Waals surface area contributed by atoms with Crippen LogP contribution in [0, 0.1) is 0 Å². The van der Waals surface area contributed by atoms with Crippen LogP contribution in [0.4, 0.5) is 0 Å². The smallest absolute Gasteiger partial charge is 0.242 e. The fraction of sp³-hybridized carbons (Fsp3) is 0.957. The van der Waals surface area contributed by atoms with Crippen LogP contribution >= 0.6 is 0 Å². The zero-order chi connectivity index (χ0) is 23.7. The highest BCUT2D eigenvalue weighted by molar-refractivity contribution is 6.77. The Kier molecular flexibility index (Phi) is 8.78. The summed E-state index contributed by atoms with van der Waals surface area (Å²) >= 11 is 0. The lowest BCUT2D eigenvalue weighted by atomic mass is 9.90. The number of carbonyl (C=O) groups excluding carboxylic acids is 1. The van der Waals surface area contributed by atoms with E-state index in [4.69, 9.17) is 13.9 Å². The molecule has 0 aromatic carbocycles. The topological polar surface area (TPSA) is 80.3 Å². The fourth-order valence-corrected chi connectivity index (χ4v) is 11.4. The minimum Gasteiger partial charge on any atom is -0.408 e. The predicted octanol–water partition coefficient (Wildman–Crippen LogP) is 3.27. The van der Waals surface area contributed by atoms with E-state index in [1.54, 1.807) is 0 Å². The van der Waals surface area contributed by atoms with Gasteiger partial charge < -0.3 is 23.9 Å². The van der Waals surface area contributed by atoms with Gasteiger partial charge in [0.15, 0.2) is 5.79 Å². The minimum absolute atomic E-state index is 0.000579. The van der Waals surface area contributed by atoms with Crippen molar-refractivity contribution in [2.45, 2.75) is 122 Å². The Hall–Kier alpha value is -0.513. The number of amides is 1. The summed E-state index contributed by atoms with van der Waals surface area (Å²) in [6.07, 6.45) is -1.26. The van der Waals surface area contributed by atoms with Crippen molar-refractivity contribution in [2.75, 3.05) is 19.7 Å². The van der Waals surface area contributed by atoms with Gasteiger partial charge in [-0.25, -0.2) is 0 Å². The molecule has 2 aliphatic rings. The molecule has 0 aromatic heterocycles. The SMILES string of the molecule is CCN(CC)C(=O)[C@@H]1N[C@H](CO)[C@H]2OC(C)(C)O[C@H]2[C@H]1O[Si](C(C)C)(C(C)C)C(C)C. The van der Waals surface area contributed by atoms with E-state index in [0.717, 1.165) is 0 Å². The summed E-state index contributed by atoms with van der Waals surface area (Å²) in [5.41, 5.74) is 1.13. The summed E-state index contributed by atoms with van der Waals surface area (Å²) < 4.78 is 19.7. The Bertz CT molecular complexity index is 587. The monoisotopic (exact) mass is 458 g/mol. The van der Waals surface area contributed by atoms with Gasteiger partial charge in [0.2, 0.25) is 14.2 Å². The maximum absolute atomic E-state index is 13.6. The van der Waals surface area contributed by atoms with Crippen molar-refractivity contribution in [3.05, 3.63) is 0 Å². The molecule has 182 valence electrons. The molecule has 0 saturated carbocycles. The number of piperidine rings is 1. The van der Waals surface area contributed by atoms with Crippen LogP contribution in [-0.2, 0) is 18.7 Å². The van der Waals surface area contributed by atoms with Crippen LogP contribution in [0.25, 0.3) is 0 Å². The largest absolute Gasteiger partial charge is 0.408 e. The quantitative estimate of drug-likeness (QED) is 0.516. The van der Waals surface area contributed by atoms with E-state index >= 15 is 0 Å². The normalized spacial score (nSPS) is 30.8. The van der Waals surface area contributed by atoms with Gasteiger partial charge in [0.1, 0.15) is 18.2 Å². The molecule has 5 atom stereocenters. The summed E-state index contributed by atoms with van der Waals surface area (Å²) in [4.78, 5) is 15.4. The molecule has 0 bridgehead atoms. The number of nitrogens with zero attached hydrogens (tertiary/aromatic N) is 1. The molecule has 2 rings (SSSR count). The van der Waals surface area contributed by atoms with Crippen LogP contribution in [0.3, 0.4) is 0 Å². The summed E-state index contributed by atoms with van der Waals surface area (Å²) in [6.45, 7) is 22.3. The average molecular weight is 459 g/mol. The first kappa shape index (κ1) is 26.7. The van der Waals surface area contributed by atoms with E-state index in [1.807, 2.05) is 32.6 Å². The lowest BCUT2D eigenvalue weighted by Gasteiger charge is -2.50. The summed E-state index contributed by atoms with van der Waals surface area (Å²) in [5.74, 6) is -0.795. The molecule has 2 saturated heterocycles. The van der Waals surface area contributed by atoms with Crippen molar-refractivity contribution in [3.63, 3.8) is 0 Å². The zero-order valence-corrected chi connectivity index (χ0v) is 22.3. The number of aliphatic hydroxyl groups excluding tert-OH is 1. The van der Waals surface area contributed by atoms with E-state index in [0.29, 0.717) is 29.7 Å². The number of ether oxygens (including phenoxy) is 2. The van der Waals surface area contributed by atoms with E-state index in [1.165, 1.54) is 0 Å². The first-order valence-electron chi connectivity index (χ1n) is 12.0. The van der Waals surface area contributed by atoms with Crippen LogP contribution < -0.4 is 5.32 Å². The van der Waals surface area contributed by atoms with Gasteiger partial charge >= 0.3 is 0 Å². The Morgan fingerprint density at radius 3 is 1.94 bits per heavy atom. The van der Waals surface area contributed by atoms with Gasteiger partial charge in [-0.3, -0.25) is 10.1 Å². The summed E-state index contributed by atoms with van der Waals surface area (Å²) in [5, 5.41) is 13.5. The second kappa shape index (κ2) is 10.2. The number of hydrogen-bond donors (Lipinski definition) is 2. The lowest BCUT2D eigenvalue weighted by molar-refractivity contribution is -0.156. The Morgan fingerprint density at radius 1 is 1.03 bits per heavy atom. The maximum Gasteiger partial charge on any atom is 0.242 e. The van der Waals surface area contributed by atoms with Crippen LogP contribution in [0.1, 0.15) is 69.2 Å². The molecular formula is C23H46N2O5Si. The third-order valence-corrected chi connectivity index (χ3v) is 13.3. The minimum atomic E-state index is -2.31. The Labute approximate surface area is 190 Å². The highest BCUT2D eigenvalue weighted by Gasteiger charge is 2.59. The molecular weight excluding hydrogens is 412 g/mol. The second-order valence-electron chi connectivity index (χ2n) is 10.4. The summed E-state index contributed by atoms with van der Waals surface area (Å²) in [7, 11) is -2.31. The van der Waals surface area contributed by atoms with Gasteiger partial charge in [-0.2, -0.15) is 0 Å². The molecule has 2 aliphatic heterocycles. The number of nitrogens with one attached hydrogen (secondary N) is 1. The average Bonchev–Trinajstić information content (AvgIpc) is 3.00. The van der Waals surface area contributed by atoms with E-state index in [9.17, 15) is 9.90 Å². The number of carbonyl (C=O) groups is 1. The lowest BCUT2D eigenvalue weighted by Crippen LogP contribution is -2.71. The Morgan fingerprint density at radius 2 is 1.52 bits per heavy atom. The van der Waals surface area contributed by atoms with Gasteiger partial charge in [-0.05, 0) is 44.3 Å². The van der Waals surface area contributed by atoms with E-state index < -0.39 is 32.4 Å². The van der Waals surface area contributed by atoms with Gasteiger partial charge in [0.05, 0.1) is 18.8 Å². The molecule has 0 spiro atoms.